The quantitative estimate of drug-likeness (QED) is 0.735. The number of carboxylic acids is 1. The predicted molar refractivity (Wildman–Crippen MR) is 60.6 cm³/mol. The van der Waals surface area contributed by atoms with Crippen LogP contribution in [0.25, 0.3) is 0 Å². The van der Waals surface area contributed by atoms with E-state index in [9.17, 15) is 4.79 Å². The van der Waals surface area contributed by atoms with Crippen molar-refractivity contribution in [2.45, 2.75) is 6.04 Å². The first kappa shape index (κ1) is 11.4. The number of nitrogens with one attached hydrogen (secondary N) is 1. The Morgan fingerprint density at radius 1 is 1.71 bits per heavy atom. The zero-order valence-corrected chi connectivity index (χ0v) is 9.13. The van der Waals surface area contributed by atoms with Gasteiger partial charge >= 0.3 is 5.97 Å². The summed E-state index contributed by atoms with van der Waals surface area (Å²) in [5.74, 6) is -0.462. The Hall–Kier alpha value is -2.13. The van der Waals surface area contributed by atoms with E-state index < -0.39 is 12.0 Å². The molecule has 1 fully saturated rings. The Kier molecular flexibility index (Phi) is 3.21. The fourth-order valence-electron chi connectivity index (χ4n) is 1.89. The molecule has 0 bridgehead atoms. The Morgan fingerprint density at radius 3 is 3.24 bits per heavy atom. The number of nitriles is 1. The number of pyridine rings is 1. The number of nitrogens with zero attached hydrogens (tertiary/aromatic N) is 3. The van der Waals surface area contributed by atoms with Crippen LogP contribution in [0.4, 0.5) is 5.82 Å². The van der Waals surface area contributed by atoms with Crippen LogP contribution in [-0.2, 0) is 4.79 Å². The topological polar surface area (TPSA) is 89.3 Å². The molecule has 2 N–H and O–H groups in total. The molecule has 1 atom stereocenters. The Bertz CT molecular complexity index is 469. The highest BCUT2D eigenvalue weighted by Gasteiger charge is 2.30. The third kappa shape index (κ3) is 2.19. The van der Waals surface area contributed by atoms with Crippen molar-refractivity contribution in [2.24, 2.45) is 0 Å². The van der Waals surface area contributed by atoms with Gasteiger partial charge in [-0.3, -0.25) is 0 Å². The molecule has 6 heteroatoms. The molecule has 1 aliphatic rings. The van der Waals surface area contributed by atoms with Gasteiger partial charge in [0.15, 0.2) is 0 Å². The molecule has 2 heterocycles. The monoisotopic (exact) mass is 232 g/mol. The molecule has 6 nitrogen and oxygen atoms in total. The summed E-state index contributed by atoms with van der Waals surface area (Å²) in [5.41, 5.74) is 0.403. The lowest BCUT2D eigenvalue weighted by atomic mass is 10.1. The van der Waals surface area contributed by atoms with Gasteiger partial charge in [0.2, 0.25) is 0 Å². The first-order chi connectivity index (χ1) is 8.24. The average Bonchev–Trinajstić information content (AvgIpc) is 2.38. The molecule has 88 valence electrons. The molecule has 0 radical (unpaired) electrons. The molecular formula is C11H12N4O2. The Morgan fingerprint density at radius 2 is 2.53 bits per heavy atom. The van der Waals surface area contributed by atoms with E-state index in [2.05, 4.69) is 10.3 Å². The van der Waals surface area contributed by atoms with E-state index in [1.54, 1.807) is 23.2 Å². The number of carbonyl (C=O) groups is 1. The minimum absolute atomic E-state index is 0.358. The van der Waals surface area contributed by atoms with Crippen molar-refractivity contribution in [3.8, 4) is 6.07 Å². The van der Waals surface area contributed by atoms with Crippen molar-refractivity contribution in [3.63, 3.8) is 0 Å². The lowest BCUT2D eigenvalue weighted by Crippen LogP contribution is -2.55. The maximum Gasteiger partial charge on any atom is 0.327 e. The predicted octanol–water partition coefficient (Wildman–Crippen LogP) is -0.184. The summed E-state index contributed by atoms with van der Waals surface area (Å²) in [6.45, 7) is 1.57. The molecule has 0 spiro atoms. The van der Waals surface area contributed by atoms with Crippen molar-refractivity contribution in [2.75, 3.05) is 24.5 Å². The largest absolute Gasteiger partial charge is 0.480 e. The van der Waals surface area contributed by atoms with Gasteiger partial charge in [-0.15, -0.1) is 0 Å². The molecule has 0 aromatic carbocycles. The van der Waals surface area contributed by atoms with Gasteiger partial charge in [-0.2, -0.15) is 5.26 Å². The van der Waals surface area contributed by atoms with E-state index in [-0.39, 0.29) is 0 Å². The lowest BCUT2D eigenvalue weighted by molar-refractivity contribution is -0.138. The third-order valence-electron chi connectivity index (χ3n) is 2.71. The summed E-state index contributed by atoms with van der Waals surface area (Å²) < 4.78 is 0. The zero-order valence-electron chi connectivity index (χ0n) is 9.13. The minimum atomic E-state index is -0.910. The summed E-state index contributed by atoms with van der Waals surface area (Å²) >= 11 is 0. The first-order valence-corrected chi connectivity index (χ1v) is 5.29. The number of hydrogen-bond acceptors (Lipinski definition) is 5. The van der Waals surface area contributed by atoms with Crippen LogP contribution < -0.4 is 10.2 Å². The summed E-state index contributed by atoms with van der Waals surface area (Å²) in [4.78, 5) is 16.9. The van der Waals surface area contributed by atoms with Gasteiger partial charge in [0.25, 0.3) is 0 Å². The van der Waals surface area contributed by atoms with E-state index >= 15 is 0 Å². The van der Waals surface area contributed by atoms with Crippen molar-refractivity contribution in [1.29, 1.82) is 5.26 Å². The summed E-state index contributed by atoms with van der Waals surface area (Å²) in [5, 5.41) is 21.2. The molecule has 0 unspecified atom stereocenters. The molecule has 1 saturated heterocycles. The standard InChI is InChI=1S/C11H12N4O2/c12-6-8-2-1-3-14-10(8)15-5-4-13-7-9(15)11(16)17/h1-3,9,13H,4-5,7H2,(H,16,17)/t9-/m1/s1. The van der Waals surface area contributed by atoms with Crippen LogP contribution >= 0.6 is 0 Å². The second-order valence-corrected chi connectivity index (χ2v) is 3.74. The molecule has 1 aromatic rings. The molecule has 1 aliphatic heterocycles. The molecule has 2 rings (SSSR count). The molecule has 1 aromatic heterocycles. The fourth-order valence-corrected chi connectivity index (χ4v) is 1.89. The van der Waals surface area contributed by atoms with Gasteiger partial charge in [0.1, 0.15) is 17.9 Å². The molecule has 0 aliphatic carbocycles. The summed E-state index contributed by atoms with van der Waals surface area (Å²) in [6, 6.07) is 4.67. The fraction of sp³-hybridized carbons (Fsp3) is 0.364. The zero-order chi connectivity index (χ0) is 12.3. The average molecular weight is 232 g/mol. The maximum atomic E-state index is 11.1. The highest BCUT2D eigenvalue weighted by Crippen LogP contribution is 2.19. The number of anilines is 1. The van der Waals surface area contributed by atoms with Crippen molar-refractivity contribution in [3.05, 3.63) is 23.9 Å². The van der Waals surface area contributed by atoms with Crippen LogP contribution in [0.3, 0.4) is 0 Å². The normalized spacial score (nSPS) is 19.7. The highest BCUT2D eigenvalue weighted by molar-refractivity contribution is 5.79. The highest BCUT2D eigenvalue weighted by atomic mass is 16.4. The number of piperazine rings is 1. The van der Waals surface area contributed by atoms with Crippen LogP contribution in [0.1, 0.15) is 5.56 Å². The van der Waals surface area contributed by atoms with Crippen molar-refractivity contribution in [1.82, 2.24) is 10.3 Å². The number of aromatic nitrogens is 1. The van der Waals surface area contributed by atoms with E-state index in [1.807, 2.05) is 6.07 Å². The number of aliphatic carboxylic acids is 1. The van der Waals surface area contributed by atoms with Crippen molar-refractivity contribution >= 4 is 11.8 Å². The van der Waals surface area contributed by atoms with E-state index in [4.69, 9.17) is 10.4 Å². The van der Waals surface area contributed by atoms with Gasteiger partial charge in [-0.25, -0.2) is 9.78 Å². The van der Waals surface area contributed by atoms with Crippen LogP contribution in [0, 0.1) is 11.3 Å². The van der Waals surface area contributed by atoms with Crippen LogP contribution in [0.2, 0.25) is 0 Å². The van der Waals surface area contributed by atoms with Gasteiger partial charge < -0.3 is 15.3 Å². The van der Waals surface area contributed by atoms with Crippen molar-refractivity contribution < 1.29 is 9.90 Å². The smallest absolute Gasteiger partial charge is 0.327 e. The van der Waals surface area contributed by atoms with Gasteiger partial charge in [-0.1, -0.05) is 0 Å². The molecule has 0 amide bonds. The first-order valence-electron chi connectivity index (χ1n) is 5.29. The SMILES string of the molecule is N#Cc1cccnc1N1CCNC[C@@H]1C(=O)O. The second kappa shape index (κ2) is 4.80. The molecule has 17 heavy (non-hydrogen) atoms. The maximum absolute atomic E-state index is 11.1. The van der Waals surface area contributed by atoms with E-state index in [1.165, 1.54) is 0 Å². The molecular weight excluding hydrogens is 220 g/mol. The lowest BCUT2D eigenvalue weighted by Gasteiger charge is -2.34. The van der Waals surface area contributed by atoms with Crippen LogP contribution in [-0.4, -0.2) is 41.7 Å². The van der Waals surface area contributed by atoms with Gasteiger partial charge in [-0.05, 0) is 12.1 Å². The second-order valence-electron chi connectivity index (χ2n) is 3.74. The van der Waals surface area contributed by atoms with Gasteiger partial charge in [0, 0.05) is 25.8 Å². The Labute approximate surface area is 98.5 Å². The third-order valence-corrected chi connectivity index (χ3v) is 2.71. The van der Waals surface area contributed by atoms with Gasteiger partial charge in [0.05, 0.1) is 5.56 Å². The molecule has 0 saturated carbocycles. The number of carboxylic acid groups (broad SMARTS) is 1. The summed E-state index contributed by atoms with van der Waals surface area (Å²) in [6.07, 6.45) is 1.57. The van der Waals surface area contributed by atoms with Crippen LogP contribution in [0.5, 0.6) is 0 Å². The summed E-state index contributed by atoms with van der Waals surface area (Å²) in [7, 11) is 0. The number of hydrogen-bond donors (Lipinski definition) is 2. The minimum Gasteiger partial charge on any atom is -0.480 e. The van der Waals surface area contributed by atoms with Crippen LogP contribution in [0.15, 0.2) is 18.3 Å². The Balaban J connectivity index is 2.36. The number of rotatable bonds is 2. The van der Waals surface area contributed by atoms with E-state index in [0.29, 0.717) is 31.0 Å². The van der Waals surface area contributed by atoms with E-state index in [0.717, 1.165) is 0 Å².